The summed E-state index contributed by atoms with van der Waals surface area (Å²) in [5.41, 5.74) is 6.01. The van der Waals surface area contributed by atoms with Gasteiger partial charge in [0.05, 0.1) is 54.5 Å². The van der Waals surface area contributed by atoms with E-state index in [2.05, 4.69) is 33.1 Å². The minimum Gasteiger partial charge on any atom is -0.496 e. The Labute approximate surface area is 530 Å². The fourth-order valence-electron chi connectivity index (χ4n) is 11.2. The lowest BCUT2D eigenvalue weighted by Gasteiger charge is -2.41. The number of carbonyl (C=O) groups excluding carboxylic acids is 9. The molecule has 88 heavy (non-hydrogen) atoms. The molecule has 0 saturated carbocycles. The summed E-state index contributed by atoms with van der Waals surface area (Å²) in [4.78, 5) is 124. The van der Waals surface area contributed by atoms with E-state index < -0.39 is 113 Å². The van der Waals surface area contributed by atoms with Gasteiger partial charge < -0.3 is 59.7 Å². The number of amides is 5. The number of ketones is 2. The number of hydrogen-bond acceptors (Lipinski definition) is 16. The van der Waals surface area contributed by atoms with Crippen LogP contribution in [0, 0.1) is 24.7 Å². The van der Waals surface area contributed by atoms with Crippen molar-refractivity contribution in [1.29, 1.82) is 0 Å². The molecule has 2 saturated heterocycles. The predicted molar refractivity (Wildman–Crippen MR) is 335 cm³/mol. The van der Waals surface area contributed by atoms with Crippen molar-refractivity contribution in [3.63, 3.8) is 0 Å². The maximum absolute atomic E-state index is 14.5. The molecule has 2 aromatic carbocycles. The van der Waals surface area contributed by atoms with Crippen molar-refractivity contribution in [2.75, 3.05) is 45.1 Å². The van der Waals surface area contributed by atoms with Gasteiger partial charge >= 0.3 is 23.9 Å². The molecule has 11 atom stereocenters. The number of aliphatic hydroxyl groups is 1. The average molecular weight is 1310 g/mol. The number of Topliss-reactive ketones (excluding diaryl/α,β-unsaturated/α-hetero) is 2. The van der Waals surface area contributed by atoms with E-state index in [1.54, 1.807) is 46.0 Å². The second-order valence-electron chi connectivity index (χ2n) is 24.2. The number of hydrogen-bond donors (Lipinski definition) is 4. The molecule has 0 aromatic heterocycles. The van der Waals surface area contributed by atoms with Gasteiger partial charge in [0.2, 0.25) is 11.8 Å². The second-order valence-corrected chi connectivity index (χ2v) is 25.1. The number of esters is 3. The van der Waals surface area contributed by atoms with Crippen LogP contribution in [0.15, 0.2) is 66.3 Å². The number of anilines is 1. The Morgan fingerprint density at radius 3 is 2.38 bits per heavy atom. The maximum Gasteiger partial charge on any atom is 0.334 e. The van der Waals surface area contributed by atoms with E-state index in [4.69, 9.17) is 45.8 Å². The highest BCUT2D eigenvalue weighted by Crippen LogP contribution is 2.50. The summed E-state index contributed by atoms with van der Waals surface area (Å²) < 4.78 is 35.3. The van der Waals surface area contributed by atoms with Crippen LogP contribution in [0.5, 0.6) is 5.75 Å². The highest BCUT2D eigenvalue weighted by Gasteiger charge is 2.64. The molecule has 5 amide bonds. The fraction of sp³-hybridized carbons (Fsp3) is 0.585. The number of aryl methyl sites for hydroxylation is 1. The Morgan fingerprint density at radius 2 is 1.73 bits per heavy atom. The van der Waals surface area contributed by atoms with Crippen LogP contribution in [0.4, 0.5) is 10.5 Å². The Bertz CT molecular complexity index is 2990. The SMILES string of the molecule is C=C(CBr)C(=O)OC(C)CCCCC(=O)C[C@H](C(=O)N[C@@H](CCCNC(N)=O)C(=O)Cc1ccc(C(=O)N(C)[C@@H](C)C(=O)O[C@H]2CC(=O)N(C)c3cc(cc(C)c3Cl)C/C(C)=C/C=C/[C@@H](OC)[C@]3(O)CC(=O)O[C@@H](C3)[C@@H](C)[C@@H]3O[C@@]23C)c(OC)c1)C(C)C. The standard InChI is InChI=1S/C65H89BrClN5O16/c1-36(2)47(31-45(73)20-15-14-19-40(6)85-61(79)39(5)35-66)59(77)70-48(21-17-25-69-63(68)81)50(74)29-43-23-24-46(51(30-43)83-12)60(78)71(10)42(8)62(80)87-54-32-55(75)72(11)49-28-44(27-38(4)57(49)67)26-37(3)18-16-22-53(84-13)65(82)33-52(86-56(76)34-65)41(7)58-64(54,9)88-58/h16,18,22-24,27-28,30,36,40-42,47-48,52-54,58,82H,5,14-15,17,19-21,25-26,29,31-35H2,1-4,6-13H3,(H,70,77)(H3,68,69,81)/b22-16+,37-18+/t40?,41-,42+,47+,48+,52+,53-,54+,58+,64+,65-/m1/s1. The molecule has 5 rings (SSSR count). The van der Waals surface area contributed by atoms with Crippen LogP contribution in [0.2, 0.25) is 5.02 Å². The van der Waals surface area contributed by atoms with E-state index in [1.165, 1.54) is 45.2 Å². The van der Waals surface area contributed by atoms with Crippen LogP contribution in [-0.2, 0) is 70.1 Å². The van der Waals surface area contributed by atoms with Crippen molar-refractivity contribution in [2.24, 2.45) is 23.5 Å². The number of halogens is 2. The normalized spacial score (nSPS) is 24.4. The number of methoxy groups -OCH3 is 2. The van der Waals surface area contributed by atoms with Crippen molar-refractivity contribution in [3.05, 3.63) is 93.6 Å². The molecule has 3 aliphatic heterocycles. The lowest BCUT2D eigenvalue weighted by Crippen LogP contribution is -2.53. The van der Waals surface area contributed by atoms with Gasteiger partial charge in [-0.25, -0.2) is 14.4 Å². The van der Waals surface area contributed by atoms with Crippen LogP contribution < -0.4 is 26.0 Å². The highest BCUT2D eigenvalue weighted by molar-refractivity contribution is 9.09. The van der Waals surface area contributed by atoms with Crippen molar-refractivity contribution in [3.8, 4) is 5.75 Å². The van der Waals surface area contributed by atoms with Crippen LogP contribution >= 0.6 is 27.5 Å². The van der Waals surface area contributed by atoms with Crippen LogP contribution in [-0.4, -0.2) is 157 Å². The number of nitrogens with one attached hydrogen (secondary N) is 2. The first-order valence-electron chi connectivity index (χ1n) is 29.9. The number of carbonyl (C=O) groups is 9. The summed E-state index contributed by atoms with van der Waals surface area (Å²) in [6.45, 7) is 17.9. The number of allylic oxidation sites excluding steroid dienone is 3. The molecule has 0 radical (unpaired) electrons. The second kappa shape index (κ2) is 32.3. The number of alkyl halides is 1. The van der Waals surface area contributed by atoms with Gasteiger partial charge in [0.15, 0.2) is 5.78 Å². The number of unbranched alkanes of at least 4 members (excludes halogenated alkanes) is 1. The topological polar surface area (TPSA) is 289 Å². The van der Waals surface area contributed by atoms with Gasteiger partial charge in [0.1, 0.15) is 47.1 Å². The summed E-state index contributed by atoms with van der Waals surface area (Å²) in [5.74, 6) is -5.71. The van der Waals surface area contributed by atoms with E-state index in [1.807, 2.05) is 45.9 Å². The van der Waals surface area contributed by atoms with Gasteiger partial charge in [-0.1, -0.05) is 90.8 Å². The van der Waals surface area contributed by atoms with Gasteiger partial charge in [-0.2, -0.15) is 0 Å². The zero-order valence-corrected chi connectivity index (χ0v) is 55.1. The monoisotopic (exact) mass is 1310 g/mol. The van der Waals surface area contributed by atoms with Gasteiger partial charge in [-0.15, -0.1) is 0 Å². The number of nitrogens with two attached hydrogens (primary N) is 1. The zero-order chi connectivity index (χ0) is 65.5. The molecule has 2 aromatic rings. The molecule has 4 bridgehead atoms. The van der Waals surface area contributed by atoms with E-state index in [0.29, 0.717) is 52.9 Å². The molecule has 0 aliphatic carbocycles. The molecule has 3 aliphatic rings. The smallest absolute Gasteiger partial charge is 0.334 e. The number of ether oxygens (including phenoxy) is 6. The summed E-state index contributed by atoms with van der Waals surface area (Å²) >= 11 is 10.1. The third-order valence-electron chi connectivity index (χ3n) is 16.9. The first-order chi connectivity index (χ1) is 41.4. The number of benzene rings is 2. The fourth-order valence-corrected chi connectivity index (χ4v) is 11.7. The number of urea groups is 1. The highest BCUT2D eigenvalue weighted by atomic mass is 79.9. The summed E-state index contributed by atoms with van der Waals surface area (Å²) in [6, 6.07) is 5.19. The molecule has 3 heterocycles. The summed E-state index contributed by atoms with van der Waals surface area (Å²) in [5, 5.41) is 18.1. The van der Waals surface area contributed by atoms with Gasteiger partial charge in [-0.3, -0.25) is 28.8 Å². The Morgan fingerprint density at radius 1 is 1.02 bits per heavy atom. The van der Waals surface area contributed by atoms with Gasteiger partial charge in [-0.05, 0) is 114 Å². The Hall–Kier alpha value is -6.46. The minimum atomic E-state index is -1.65. The van der Waals surface area contributed by atoms with E-state index in [9.17, 15) is 48.3 Å². The number of epoxide rings is 1. The molecule has 2 fully saturated rings. The van der Waals surface area contributed by atoms with Gasteiger partial charge in [0, 0.05) is 76.2 Å². The molecule has 5 N–H and O–H groups in total. The molecule has 484 valence electrons. The van der Waals surface area contributed by atoms with E-state index >= 15 is 0 Å². The molecular weight excluding hydrogens is 1220 g/mol. The first kappa shape index (κ1) is 72.3. The molecular formula is C65H89BrClN5O16. The minimum absolute atomic E-state index is 0.0104. The summed E-state index contributed by atoms with van der Waals surface area (Å²) in [7, 11) is 5.77. The van der Waals surface area contributed by atoms with Crippen LogP contribution in [0.25, 0.3) is 0 Å². The quantitative estimate of drug-likeness (QED) is 0.0173. The number of likely N-dealkylation sites (N-methyl/N-ethyl adjacent to an activating group) is 1. The Balaban J connectivity index is 1.33. The van der Waals surface area contributed by atoms with Crippen molar-refractivity contribution >= 4 is 86.4 Å². The number of primary amides is 1. The number of nitrogens with zero attached hydrogens (tertiary/aromatic N) is 2. The van der Waals surface area contributed by atoms with Crippen LogP contribution in [0.1, 0.15) is 140 Å². The van der Waals surface area contributed by atoms with E-state index in [0.717, 1.165) is 21.6 Å². The molecule has 23 heteroatoms. The van der Waals surface area contributed by atoms with Crippen LogP contribution in [0.3, 0.4) is 0 Å². The molecule has 1 unspecified atom stereocenters. The largest absolute Gasteiger partial charge is 0.496 e. The maximum atomic E-state index is 14.5. The van der Waals surface area contributed by atoms with E-state index in [-0.39, 0.29) is 80.6 Å². The van der Waals surface area contributed by atoms with Crippen molar-refractivity contribution in [1.82, 2.24) is 15.5 Å². The lowest BCUT2D eigenvalue weighted by molar-refractivity contribution is -0.187. The average Bonchev–Trinajstić information content (AvgIpc) is 1.91. The Kier molecular flexibility index (Phi) is 26.6. The predicted octanol–water partition coefficient (Wildman–Crippen LogP) is 8.11. The van der Waals surface area contributed by atoms with Crippen molar-refractivity contribution in [2.45, 2.75) is 186 Å². The van der Waals surface area contributed by atoms with Crippen molar-refractivity contribution < 1.29 is 76.7 Å². The third-order valence-corrected chi connectivity index (χ3v) is 18.1. The summed E-state index contributed by atoms with van der Waals surface area (Å²) in [6.07, 6.45) is 2.94. The zero-order valence-electron chi connectivity index (χ0n) is 52.8. The lowest BCUT2D eigenvalue weighted by atomic mass is 9.78. The first-order valence-corrected chi connectivity index (χ1v) is 31.4. The number of fused-ring (bicyclic) bond motifs is 5. The molecule has 21 nitrogen and oxygen atoms in total. The molecule has 0 spiro atoms. The third kappa shape index (κ3) is 19.3. The number of rotatable bonds is 26. The van der Waals surface area contributed by atoms with Gasteiger partial charge in [0.25, 0.3) is 5.91 Å².